The summed E-state index contributed by atoms with van der Waals surface area (Å²) in [5.41, 5.74) is 1.51. The molecule has 0 saturated carbocycles. The molecular formula is C20H20Cl2N2O4S. The standard InChI is InChI=1S/C20H20Cl2N2O4S/c1-28-20(25)8-5-15-3-2-4-17(13-15)29(26,27)24-11-9-23(10-12-24)16-6-7-18(21)19(22)14-16/h2-8,13-14H,9-12H2,1H3/b8-5+. The average Bonchev–Trinajstić information content (AvgIpc) is 2.74. The first-order valence-electron chi connectivity index (χ1n) is 8.87. The van der Waals surface area contributed by atoms with Crippen LogP contribution in [-0.4, -0.2) is 52.0 Å². The van der Waals surface area contributed by atoms with Crippen LogP contribution in [0, 0.1) is 0 Å². The Balaban J connectivity index is 1.72. The fourth-order valence-corrected chi connectivity index (χ4v) is 4.80. The van der Waals surface area contributed by atoms with Crippen LogP contribution in [0.1, 0.15) is 5.56 Å². The molecule has 0 radical (unpaired) electrons. The quantitative estimate of drug-likeness (QED) is 0.508. The molecule has 0 aromatic heterocycles. The van der Waals surface area contributed by atoms with Crippen molar-refractivity contribution in [2.24, 2.45) is 0 Å². The predicted octanol–water partition coefficient (Wildman–Crippen LogP) is 3.69. The Morgan fingerprint density at radius 3 is 2.41 bits per heavy atom. The zero-order valence-electron chi connectivity index (χ0n) is 15.7. The van der Waals surface area contributed by atoms with Crippen LogP contribution < -0.4 is 4.90 Å². The maximum absolute atomic E-state index is 13.0. The average molecular weight is 455 g/mol. The Bertz CT molecular complexity index is 1030. The molecule has 29 heavy (non-hydrogen) atoms. The highest BCUT2D eigenvalue weighted by Gasteiger charge is 2.28. The largest absolute Gasteiger partial charge is 0.466 e. The molecule has 0 unspecified atom stereocenters. The molecule has 1 saturated heterocycles. The predicted molar refractivity (Wildman–Crippen MR) is 115 cm³/mol. The first-order chi connectivity index (χ1) is 13.8. The van der Waals surface area contributed by atoms with Gasteiger partial charge < -0.3 is 9.64 Å². The van der Waals surface area contributed by atoms with E-state index in [-0.39, 0.29) is 4.90 Å². The summed E-state index contributed by atoms with van der Waals surface area (Å²) in [7, 11) is -2.36. The summed E-state index contributed by atoms with van der Waals surface area (Å²) in [5.74, 6) is -0.503. The highest BCUT2D eigenvalue weighted by atomic mass is 35.5. The Kier molecular flexibility index (Phi) is 6.85. The summed E-state index contributed by atoms with van der Waals surface area (Å²) in [5, 5.41) is 0.953. The van der Waals surface area contributed by atoms with E-state index in [1.165, 1.54) is 23.6 Å². The van der Waals surface area contributed by atoms with Gasteiger partial charge in [0.15, 0.2) is 0 Å². The zero-order chi connectivity index (χ0) is 21.0. The van der Waals surface area contributed by atoms with Gasteiger partial charge in [-0.05, 0) is 42.0 Å². The Morgan fingerprint density at radius 1 is 1.03 bits per heavy atom. The topological polar surface area (TPSA) is 66.9 Å². The third-order valence-electron chi connectivity index (χ3n) is 4.62. The minimum Gasteiger partial charge on any atom is -0.466 e. The number of methoxy groups -OCH3 is 1. The van der Waals surface area contributed by atoms with Crippen LogP contribution in [0.4, 0.5) is 5.69 Å². The summed E-state index contributed by atoms with van der Waals surface area (Å²) < 4.78 is 32.1. The van der Waals surface area contributed by atoms with Gasteiger partial charge >= 0.3 is 5.97 Å². The van der Waals surface area contributed by atoms with E-state index in [2.05, 4.69) is 9.64 Å². The molecule has 6 nitrogen and oxygen atoms in total. The van der Waals surface area contributed by atoms with Gasteiger partial charge in [-0.3, -0.25) is 0 Å². The van der Waals surface area contributed by atoms with Crippen molar-refractivity contribution >= 4 is 51.0 Å². The van der Waals surface area contributed by atoms with Gasteiger partial charge in [-0.15, -0.1) is 0 Å². The lowest BCUT2D eigenvalue weighted by atomic mass is 10.2. The molecular weight excluding hydrogens is 435 g/mol. The molecule has 1 heterocycles. The molecule has 9 heteroatoms. The minimum atomic E-state index is -3.64. The lowest BCUT2D eigenvalue weighted by Crippen LogP contribution is -2.48. The summed E-state index contributed by atoms with van der Waals surface area (Å²) in [4.78, 5) is 13.5. The number of ether oxygens (including phenoxy) is 1. The van der Waals surface area contributed by atoms with E-state index < -0.39 is 16.0 Å². The number of nitrogens with zero attached hydrogens (tertiary/aromatic N) is 2. The second-order valence-electron chi connectivity index (χ2n) is 6.42. The zero-order valence-corrected chi connectivity index (χ0v) is 18.0. The van der Waals surface area contributed by atoms with Gasteiger partial charge in [0.05, 0.1) is 22.1 Å². The van der Waals surface area contributed by atoms with Crippen LogP contribution in [0.3, 0.4) is 0 Å². The number of hydrogen-bond donors (Lipinski definition) is 0. The van der Waals surface area contributed by atoms with E-state index >= 15 is 0 Å². The second-order valence-corrected chi connectivity index (χ2v) is 9.17. The van der Waals surface area contributed by atoms with Gasteiger partial charge in [-0.1, -0.05) is 35.3 Å². The number of benzene rings is 2. The Hall–Kier alpha value is -2.06. The van der Waals surface area contributed by atoms with Crippen LogP contribution in [0.5, 0.6) is 0 Å². The van der Waals surface area contributed by atoms with E-state index in [1.54, 1.807) is 36.4 Å². The molecule has 0 bridgehead atoms. The van der Waals surface area contributed by atoms with Crippen LogP contribution in [0.15, 0.2) is 53.4 Å². The lowest BCUT2D eigenvalue weighted by molar-refractivity contribution is -0.134. The van der Waals surface area contributed by atoms with Gasteiger partial charge in [0.1, 0.15) is 0 Å². The Labute approximate surface area is 180 Å². The van der Waals surface area contributed by atoms with Crippen molar-refractivity contribution in [3.05, 3.63) is 64.1 Å². The maximum Gasteiger partial charge on any atom is 0.330 e. The van der Waals surface area contributed by atoms with Crippen LogP contribution in [0.2, 0.25) is 10.0 Å². The van der Waals surface area contributed by atoms with Gasteiger partial charge in [0.2, 0.25) is 10.0 Å². The number of carbonyl (C=O) groups is 1. The van der Waals surface area contributed by atoms with Crippen molar-refractivity contribution < 1.29 is 17.9 Å². The molecule has 0 amide bonds. The maximum atomic E-state index is 13.0. The van der Waals surface area contributed by atoms with Gasteiger partial charge in [-0.25, -0.2) is 13.2 Å². The fourth-order valence-electron chi connectivity index (χ4n) is 3.03. The molecule has 0 N–H and O–H groups in total. The van der Waals surface area contributed by atoms with E-state index in [1.807, 2.05) is 6.07 Å². The molecule has 1 aliphatic heterocycles. The van der Waals surface area contributed by atoms with Gasteiger partial charge in [0.25, 0.3) is 0 Å². The van der Waals surface area contributed by atoms with Crippen molar-refractivity contribution in [3.8, 4) is 0 Å². The van der Waals surface area contributed by atoms with E-state index in [9.17, 15) is 13.2 Å². The van der Waals surface area contributed by atoms with Crippen molar-refractivity contribution in [1.82, 2.24) is 4.31 Å². The number of rotatable bonds is 5. The summed E-state index contributed by atoms with van der Waals surface area (Å²) >= 11 is 12.0. The number of carbonyl (C=O) groups excluding carboxylic acids is 1. The summed E-state index contributed by atoms with van der Waals surface area (Å²) in [6.45, 7) is 1.79. The number of hydrogen-bond acceptors (Lipinski definition) is 5. The van der Waals surface area contributed by atoms with Crippen molar-refractivity contribution in [1.29, 1.82) is 0 Å². The first-order valence-corrected chi connectivity index (χ1v) is 11.1. The molecule has 1 aliphatic rings. The second kappa shape index (κ2) is 9.17. The smallest absolute Gasteiger partial charge is 0.330 e. The third kappa shape index (κ3) is 5.11. The molecule has 2 aromatic rings. The summed E-state index contributed by atoms with van der Waals surface area (Å²) in [6, 6.07) is 11.9. The van der Waals surface area contributed by atoms with E-state index in [0.29, 0.717) is 41.8 Å². The van der Waals surface area contributed by atoms with Crippen LogP contribution >= 0.6 is 23.2 Å². The SMILES string of the molecule is COC(=O)/C=C/c1cccc(S(=O)(=O)N2CCN(c3ccc(Cl)c(Cl)c3)CC2)c1. The highest BCUT2D eigenvalue weighted by molar-refractivity contribution is 7.89. The molecule has 0 spiro atoms. The van der Waals surface area contributed by atoms with E-state index in [0.717, 1.165) is 5.69 Å². The fraction of sp³-hybridized carbons (Fsp3) is 0.250. The molecule has 1 fully saturated rings. The van der Waals surface area contributed by atoms with E-state index in [4.69, 9.17) is 23.2 Å². The van der Waals surface area contributed by atoms with Crippen molar-refractivity contribution in [2.75, 3.05) is 38.2 Å². The minimum absolute atomic E-state index is 0.188. The van der Waals surface area contributed by atoms with Crippen molar-refractivity contribution in [2.45, 2.75) is 4.90 Å². The number of halogens is 2. The molecule has 0 atom stereocenters. The van der Waals surface area contributed by atoms with Crippen molar-refractivity contribution in [3.63, 3.8) is 0 Å². The molecule has 3 rings (SSSR count). The number of sulfonamides is 1. The highest BCUT2D eigenvalue weighted by Crippen LogP contribution is 2.28. The van der Waals surface area contributed by atoms with Crippen LogP contribution in [0.25, 0.3) is 6.08 Å². The van der Waals surface area contributed by atoms with Gasteiger partial charge in [-0.2, -0.15) is 4.31 Å². The lowest BCUT2D eigenvalue weighted by Gasteiger charge is -2.35. The number of piperazine rings is 1. The molecule has 2 aromatic carbocycles. The van der Waals surface area contributed by atoms with Crippen LogP contribution in [-0.2, 0) is 19.6 Å². The first kappa shape index (κ1) is 21.6. The summed E-state index contributed by atoms with van der Waals surface area (Å²) in [6.07, 6.45) is 2.77. The third-order valence-corrected chi connectivity index (χ3v) is 7.25. The molecule has 0 aliphatic carbocycles. The number of anilines is 1. The normalized spacial score (nSPS) is 15.6. The monoisotopic (exact) mass is 454 g/mol. The molecule has 154 valence electrons. The number of esters is 1. The Morgan fingerprint density at radius 2 is 1.76 bits per heavy atom. The van der Waals surface area contributed by atoms with Gasteiger partial charge in [0, 0.05) is 37.9 Å².